The molecule has 1 saturated heterocycles. The molecule has 1 fully saturated rings. The summed E-state index contributed by atoms with van der Waals surface area (Å²) in [5.74, 6) is 2.75. The molecule has 0 radical (unpaired) electrons. The number of unbranched alkanes of at least 4 members (excludes halogenated alkanes) is 1. The number of methoxy groups -OCH3 is 1. The Hall–Kier alpha value is -2.83. The maximum atomic E-state index is 6.04. The zero-order valence-corrected chi connectivity index (χ0v) is 20.0. The van der Waals surface area contributed by atoms with Gasteiger partial charge in [-0.3, -0.25) is 4.90 Å². The van der Waals surface area contributed by atoms with E-state index in [-0.39, 0.29) is 0 Å². The lowest BCUT2D eigenvalue weighted by molar-refractivity contribution is 0.144. The molecule has 1 aliphatic heterocycles. The number of hydrogen-bond donors (Lipinski definition) is 0. The van der Waals surface area contributed by atoms with Crippen molar-refractivity contribution >= 4 is 11.0 Å². The van der Waals surface area contributed by atoms with Gasteiger partial charge in [0.1, 0.15) is 5.82 Å². The van der Waals surface area contributed by atoms with Crippen LogP contribution in [0.2, 0.25) is 0 Å². The molecular weight excluding hydrogens is 412 g/mol. The molecule has 2 aromatic carbocycles. The highest BCUT2D eigenvalue weighted by molar-refractivity contribution is 5.75. The van der Waals surface area contributed by atoms with Crippen molar-refractivity contribution in [1.29, 1.82) is 0 Å². The molecule has 0 amide bonds. The van der Waals surface area contributed by atoms with Gasteiger partial charge in [0.05, 0.1) is 31.3 Å². The average Bonchev–Trinajstić information content (AvgIpc) is 3.18. The van der Waals surface area contributed by atoms with E-state index in [1.807, 2.05) is 18.2 Å². The minimum atomic E-state index is 0.664. The number of nitrogens with zero attached hydrogens (tertiary/aromatic N) is 4. The van der Waals surface area contributed by atoms with Gasteiger partial charge in [-0.25, -0.2) is 4.98 Å². The zero-order valence-electron chi connectivity index (χ0n) is 20.0. The molecule has 0 spiro atoms. The highest BCUT2D eigenvalue weighted by Gasteiger charge is 2.18. The molecule has 1 aromatic heterocycles. The molecule has 0 unspecified atom stereocenters. The number of piperazine rings is 1. The highest BCUT2D eigenvalue weighted by Crippen LogP contribution is 2.28. The second kappa shape index (κ2) is 11.3. The van der Waals surface area contributed by atoms with Gasteiger partial charge >= 0.3 is 0 Å². The summed E-state index contributed by atoms with van der Waals surface area (Å²) < 4.78 is 14.0. The number of likely N-dealkylation sites (N-methyl/N-ethyl adjacent to an activating group) is 1. The van der Waals surface area contributed by atoms with E-state index in [9.17, 15) is 0 Å². The molecule has 176 valence electrons. The minimum Gasteiger partial charge on any atom is -0.493 e. The number of benzene rings is 2. The third kappa shape index (κ3) is 5.95. The first-order valence-corrected chi connectivity index (χ1v) is 11.9. The van der Waals surface area contributed by atoms with Gasteiger partial charge in [-0.2, -0.15) is 0 Å². The zero-order chi connectivity index (χ0) is 23.0. The number of aryl methyl sites for hydroxylation is 1. The van der Waals surface area contributed by atoms with Gasteiger partial charge in [0.15, 0.2) is 11.5 Å². The number of ether oxygens (including phenoxy) is 2. The number of rotatable bonds is 11. The van der Waals surface area contributed by atoms with Crippen molar-refractivity contribution in [3.8, 4) is 11.5 Å². The summed E-state index contributed by atoms with van der Waals surface area (Å²) in [5, 5.41) is 0. The quantitative estimate of drug-likeness (QED) is 0.322. The van der Waals surface area contributed by atoms with Gasteiger partial charge in [0, 0.05) is 32.7 Å². The normalized spacial score (nSPS) is 15.1. The van der Waals surface area contributed by atoms with Crippen molar-refractivity contribution in [2.24, 2.45) is 0 Å². The average molecular weight is 449 g/mol. The molecule has 0 N–H and O–H groups in total. The topological polar surface area (TPSA) is 42.8 Å². The Bertz CT molecular complexity index is 1050. The predicted octanol–water partition coefficient (Wildman–Crippen LogP) is 4.38. The first-order chi connectivity index (χ1) is 16.2. The fourth-order valence-corrected chi connectivity index (χ4v) is 4.38. The molecular formula is C27H36N4O2. The van der Waals surface area contributed by atoms with Crippen LogP contribution in [0.1, 0.15) is 24.2 Å². The molecule has 3 aromatic rings. The lowest BCUT2D eigenvalue weighted by Gasteiger charge is -2.32. The Morgan fingerprint density at radius 2 is 1.85 bits per heavy atom. The van der Waals surface area contributed by atoms with Gasteiger partial charge < -0.3 is 18.9 Å². The Morgan fingerprint density at radius 1 is 1.03 bits per heavy atom. The van der Waals surface area contributed by atoms with Crippen LogP contribution in [0.5, 0.6) is 11.5 Å². The van der Waals surface area contributed by atoms with Crippen molar-refractivity contribution in [2.75, 3.05) is 46.9 Å². The van der Waals surface area contributed by atoms with E-state index in [4.69, 9.17) is 14.5 Å². The molecule has 6 nitrogen and oxygen atoms in total. The molecule has 0 atom stereocenters. The SMILES string of the molecule is C=CCc1ccc(OCCCCn2c(CN3CCN(C)CC3)nc3ccccc32)c(OC)c1. The summed E-state index contributed by atoms with van der Waals surface area (Å²) in [7, 11) is 3.88. The summed E-state index contributed by atoms with van der Waals surface area (Å²) in [6, 6.07) is 14.6. The maximum Gasteiger partial charge on any atom is 0.161 e. The van der Waals surface area contributed by atoms with Crippen LogP contribution in [0.3, 0.4) is 0 Å². The van der Waals surface area contributed by atoms with Crippen LogP contribution >= 0.6 is 0 Å². The number of imidazole rings is 1. The second-order valence-corrected chi connectivity index (χ2v) is 8.78. The number of hydrogen-bond acceptors (Lipinski definition) is 5. The molecule has 0 saturated carbocycles. The fraction of sp³-hybridized carbons (Fsp3) is 0.444. The first-order valence-electron chi connectivity index (χ1n) is 11.9. The van der Waals surface area contributed by atoms with E-state index in [1.54, 1.807) is 7.11 Å². The van der Waals surface area contributed by atoms with Crippen LogP contribution in [0.15, 0.2) is 55.1 Å². The summed E-state index contributed by atoms with van der Waals surface area (Å²) in [6.07, 6.45) is 4.73. The number of aromatic nitrogens is 2. The minimum absolute atomic E-state index is 0.664. The van der Waals surface area contributed by atoms with Crippen LogP contribution in [0, 0.1) is 0 Å². The summed E-state index contributed by atoms with van der Waals surface area (Å²) >= 11 is 0. The molecule has 2 heterocycles. The molecule has 1 aliphatic rings. The summed E-state index contributed by atoms with van der Waals surface area (Å²) in [4.78, 5) is 9.88. The Morgan fingerprint density at radius 3 is 2.64 bits per heavy atom. The number of fused-ring (bicyclic) bond motifs is 1. The standard InChI is InChI=1S/C27H36N4O2/c1-4-9-22-12-13-25(26(20-22)32-3)33-19-8-7-14-31-24-11-6-5-10-23(24)28-27(31)21-30-17-15-29(2)16-18-30/h4-6,10-13,20H,1,7-9,14-19,21H2,2-3H3. The molecule has 33 heavy (non-hydrogen) atoms. The number of para-hydroxylation sites is 2. The van der Waals surface area contributed by atoms with Gasteiger partial charge in [-0.1, -0.05) is 24.3 Å². The molecule has 4 rings (SSSR count). The lowest BCUT2D eigenvalue weighted by Crippen LogP contribution is -2.44. The van der Waals surface area contributed by atoms with Crippen molar-refractivity contribution < 1.29 is 9.47 Å². The van der Waals surface area contributed by atoms with Crippen LogP contribution in [-0.4, -0.2) is 66.3 Å². The van der Waals surface area contributed by atoms with E-state index in [0.717, 1.165) is 75.5 Å². The van der Waals surface area contributed by atoms with Crippen LogP contribution < -0.4 is 9.47 Å². The van der Waals surface area contributed by atoms with Crippen LogP contribution in [0.25, 0.3) is 11.0 Å². The third-order valence-electron chi connectivity index (χ3n) is 6.34. The Labute approximate surface area is 197 Å². The van der Waals surface area contributed by atoms with Crippen molar-refractivity contribution in [2.45, 2.75) is 32.4 Å². The van der Waals surface area contributed by atoms with E-state index >= 15 is 0 Å². The third-order valence-corrected chi connectivity index (χ3v) is 6.34. The van der Waals surface area contributed by atoms with E-state index in [1.165, 1.54) is 16.9 Å². The Balaban J connectivity index is 1.35. The van der Waals surface area contributed by atoms with Crippen molar-refractivity contribution in [3.63, 3.8) is 0 Å². The predicted molar refractivity (Wildman–Crippen MR) is 134 cm³/mol. The van der Waals surface area contributed by atoms with E-state index in [0.29, 0.717) is 6.61 Å². The van der Waals surface area contributed by atoms with Gasteiger partial charge in [0.2, 0.25) is 0 Å². The molecule has 0 aliphatic carbocycles. The molecule has 0 bridgehead atoms. The van der Waals surface area contributed by atoms with Crippen molar-refractivity contribution in [1.82, 2.24) is 19.4 Å². The summed E-state index contributed by atoms with van der Waals surface area (Å²) in [6.45, 7) is 10.8. The maximum absolute atomic E-state index is 6.04. The first kappa shape index (κ1) is 23.3. The van der Waals surface area contributed by atoms with E-state index < -0.39 is 0 Å². The summed E-state index contributed by atoms with van der Waals surface area (Å²) in [5.41, 5.74) is 3.48. The largest absolute Gasteiger partial charge is 0.493 e. The van der Waals surface area contributed by atoms with Crippen molar-refractivity contribution in [3.05, 3.63) is 66.5 Å². The van der Waals surface area contributed by atoms with Gasteiger partial charge in [-0.15, -0.1) is 6.58 Å². The van der Waals surface area contributed by atoms with E-state index in [2.05, 4.69) is 58.3 Å². The van der Waals surface area contributed by atoms with Gasteiger partial charge in [-0.05, 0) is 56.1 Å². The Kier molecular flexibility index (Phi) is 8.02. The van der Waals surface area contributed by atoms with Crippen LogP contribution in [0.4, 0.5) is 0 Å². The molecule has 6 heteroatoms. The van der Waals surface area contributed by atoms with Crippen LogP contribution in [-0.2, 0) is 19.5 Å². The highest BCUT2D eigenvalue weighted by atomic mass is 16.5. The smallest absolute Gasteiger partial charge is 0.161 e. The monoisotopic (exact) mass is 448 g/mol. The second-order valence-electron chi connectivity index (χ2n) is 8.78. The fourth-order valence-electron chi connectivity index (χ4n) is 4.38. The lowest BCUT2D eigenvalue weighted by atomic mass is 10.1. The van der Waals surface area contributed by atoms with Gasteiger partial charge in [0.25, 0.3) is 0 Å². The number of allylic oxidation sites excluding steroid dienone is 1.